The lowest BCUT2D eigenvalue weighted by Gasteiger charge is -2.39. The molecule has 2 aliphatic rings. The van der Waals surface area contributed by atoms with Gasteiger partial charge in [0.1, 0.15) is 36.0 Å². The lowest BCUT2D eigenvalue weighted by atomic mass is 9.88. The van der Waals surface area contributed by atoms with Gasteiger partial charge in [-0.25, -0.2) is 29.7 Å². The minimum absolute atomic E-state index is 0.0518. The molecule has 2 aliphatic heterocycles. The summed E-state index contributed by atoms with van der Waals surface area (Å²) in [4.78, 5) is 79.5. The number of anilines is 3. The number of ketones is 1. The van der Waals surface area contributed by atoms with Gasteiger partial charge in [-0.2, -0.15) is 5.26 Å². The van der Waals surface area contributed by atoms with Gasteiger partial charge in [-0.3, -0.25) is 14.4 Å². The van der Waals surface area contributed by atoms with Crippen molar-refractivity contribution in [2.75, 3.05) is 54.5 Å². The van der Waals surface area contributed by atoms with Crippen molar-refractivity contribution in [3.05, 3.63) is 108 Å². The molecule has 6 heterocycles. The zero-order valence-electron chi connectivity index (χ0n) is 38.5. The van der Waals surface area contributed by atoms with E-state index in [1.165, 1.54) is 12.3 Å². The van der Waals surface area contributed by atoms with E-state index >= 15 is 0 Å². The molecule has 67 heavy (non-hydrogen) atoms. The molecule has 1 saturated heterocycles. The molecule has 2 atom stereocenters. The van der Waals surface area contributed by atoms with E-state index in [2.05, 4.69) is 36.6 Å². The van der Waals surface area contributed by atoms with E-state index in [1.54, 1.807) is 59.9 Å². The number of carboxylic acids is 1. The Morgan fingerprint density at radius 2 is 1.79 bits per heavy atom. The molecule has 4 aromatic heterocycles. The normalized spacial score (nSPS) is 15.9. The van der Waals surface area contributed by atoms with E-state index < -0.39 is 23.5 Å². The molecule has 3 N–H and O–H groups in total. The van der Waals surface area contributed by atoms with Crippen LogP contribution in [0.4, 0.5) is 17.5 Å². The van der Waals surface area contributed by atoms with Crippen LogP contribution in [0.1, 0.15) is 86.4 Å². The highest BCUT2D eigenvalue weighted by Gasteiger charge is 2.45. The van der Waals surface area contributed by atoms with Crippen LogP contribution in [0.5, 0.6) is 11.6 Å². The number of carbonyl (C=O) groups excluding carboxylic acids is 3. The van der Waals surface area contributed by atoms with Crippen molar-refractivity contribution >= 4 is 41.0 Å². The van der Waals surface area contributed by atoms with Gasteiger partial charge in [0.2, 0.25) is 17.7 Å². The molecule has 0 spiro atoms. The third kappa shape index (κ3) is 11.5. The molecular weight excluding hydrogens is 855 g/mol. The number of nitriles is 1. The number of hydrogen-bond donors (Lipinski definition) is 3. The Kier molecular flexibility index (Phi) is 14.4. The van der Waals surface area contributed by atoms with Gasteiger partial charge in [0.05, 0.1) is 29.0 Å². The highest BCUT2D eigenvalue weighted by atomic mass is 16.5. The molecular formula is C49H55N11O7. The number of rotatable bonds is 17. The Labute approximate surface area is 389 Å². The van der Waals surface area contributed by atoms with Gasteiger partial charge in [0.25, 0.3) is 5.91 Å². The molecule has 1 aromatic carbocycles. The van der Waals surface area contributed by atoms with Crippen LogP contribution >= 0.6 is 0 Å². The van der Waals surface area contributed by atoms with Gasteiger partial charge >= 0.3 is 5.97 Å². The maximum Gasteiger partial charge on any atom is 0.326 e. The Bertz CT molecular complexity index is 2650. The Morgan fingerprint density at radius 3 is 2.49 bits per heavy atom. The predicted octanol–water partition coefficient (Wildman–Crippen LogP) is 6.15. The smallest absolute Gasteiger partial charge is 0.326 e. The first-order valence-corrected chi connectivity index (χ1v) is 22.1. The van der Waals surface area contributed by atoms with Crippen molar-refractivity contribution in [1.29, 1.82) is 5.26 Å². The molecule has 348 valence electrons. The molecule has 5 aromatic rings. The summed E-state index contributed by atoms with van der Waals surface area (Å²) in [6, 6.07) is 18.5. The van der Waals surface area contributed by atoms with Crippen molar-refractivity contribution in [2.24, 2.45) is 5.41 Å². The fourth-order valence-electron chi connectivity index (χ4n) is 7.90. The molecule has 0 bridgehead atoms. The summed E-state index contributed by atoms with van der Waals surface area (Å²) in [6.45, 7) is 14.2. The Morgan fingerprint density at radius 1 is 1.00 bits per heavy atom. The molecule has 0 radical (unpaired) electrons. The third-order valence-electron chi connectivity index (χ3n) is 11.7. The van der Waals surface area contributed by atoms with Crippen LogP contribution in [0.15, 0.2) is 85.5 Å². The van der Waals surface area contributed by atoms with Crippen molar-refractivity contribution in [3.8, 4) is 29.0 Å². The number of amides is 2. The van der Waals surface area contributed by atoms with Crippen LogP contribution in [0.25, 0.3) is 11.3 Å². The second-order valence-corrected chi connectivity index (χ2v) is 18.3. The second kappa shape index (κ2) is 20.3. The molecule has 2 amide bonds. The van der Waals surface area contributed by atoms with Crippen molar-refractivity contribution in [1.82, 2.24) is 35.1 Å². The van der Waals surface area contributed by atoms with Crippen LogP contribution in [0, 0.1) is 16.7 Å². The quantitative estimate of drug-likeness (QED) is 0.0889. The van der Waals surface area contributed by atoms with Gasteiger partial charge < -0.3 is 39.9 Å². The van der Waals surface area contributed by atoms with Crippen LogP contribution in [-0.2, 0) is 20.9 Å². The SMILES string of the molecule is C[C@@H]1CN(c2ncc(-c3ccc4c(n3)N(Cc3cccnc3C#N)C(C)(C)C4=O)cn2)CCN1C(=O)COCCNc1cccc(Oc2ccc(C(=O)NC(CCC(C)(C)C)C(=O)O)cn2)c1. The number of fused-ring (bicyclic) bond motifs is 1. The fourth-order valence-corrected chi connectivity index (χ4v) is 7.90. The summed E-state index contributed by atoms with van der Waals surface area (Å²) in [7, 11) is 0. The number of carboxylic acid groups (broad SMARTS) is 1. The number of Topliss-reactive ketones (excluding diaryl/α,β-unsaturated/α-hetero) is 1. The molecule has 7 rings (SSSR count). The first kappa shape index (κ1) is 47.4. The number of aliphatic carboxylic acids is 1. The Balaban J connectivity index is 0.848. The number of pyridine rings is 3. The number of benzene rings is 1. The van der Waals surface area contributed by atoms with Gasteiger partial charge in [-0.05, 0) is 75.4 Å². The largest absolute Gasteiger partial charge is 0.480 e. The maximum atomic E-state index is 13.4. The van der Waals surface area contributed by atoms with Crippen LogP contribution in [0.2, 0.25) is 0 Å². The van der Waals surface area contributed by atoms with Crippen LogP contribution in [0.3, 0.4) is 0 Å². The molecule has 0 saturated carbocycles. The number of ether oxygens (including phenoxy) is 2. The first-order chi connectivity index (χ1) is 32.0. The predicted molar refractivity (Wildman–Crippen MR) is 250 cm³/mol. The minimum Gasteiger partial charge on any atom is -0.480 e. The second-order valence-electron chi connectivity index (χ2n) is 18.3. The molecule has 1 unspecified atom stereocenters. The minimum atomic E-state index is -1.08. The standard InChI is InChI=1S/C49H55N11O7/c1-31-28-58(47-54-26-34(27-55-47)38-14-13-37-43(62)49(5,6)60(44(37)56-38)29-33-9-8-18-52-40(33)24-50)20-21-59(31)42(61)30-66-22-19-51-35-10-7-11-36(23-35)67-41-15-12-32(25-53-41)45(63)57-39(46(64)65)16-17-48(2,3)4/h7-15,18,23,25-27,31,39,51H,16-17,19-22,28-30H2,1-6H3,(H,57,63)(H,64,65)/t31-,39?/m1/s1. The van der Waals surface area contributed by atoms with E-state index in [1.807, 2.05) is 69.5 Å². The first-order valence-electron chi connectivity index (χ1n) is 22.1. The summed E-state index contributed by atoms with van der Waals surface area (Å²) in [5.41, 5.74) is 2.85. The molecule has 18 nitrogen and oxygen atoms in total. The number of aromatic nitrogens is 5. The van der Waals surface area contributed by atoms with E-state index in [9.17, 15) is 29.5 Å². The van der Waals surface area contributed by atoms with E-state index in [0.717, 1.165) is 5.69 Å². The number of carbonyl (C=O) groups is 4. The number of nitrogens with zero attached hydrogens (tertiary/aromatic N) is 9. The average molecular weight is 910 g/mol. The summed E-state index contributed by atoms with van der Waals surface area (Å²) in [5.74, 6) is 0.0611. The van der Waals surface area contributed by atoms with Crippen LogP contribution in [-0.4, -0.2) is 116 Å². The van der Waals surface area contributed by atoms with Gasteiger partial charge in [-0.1, -0.05) is 32.9 Å². The van der Waals surface area contributed by atoms with E-state index in [-0.39, 0.29) is 47.8 Å². The van der Waals surface area contributed by atoms with E-state index in [0.29, 0.717) is 91.2 Å². The topological polar surface area (TPSA) is 229 Å². The summed E-state index contributed by atoms with van der Waals surface area (Å²) >= 11 is 0. The van der Waals surface area contributed by atoms with Gasteiger partial charge in [-0.15, -0.1) is 0 Å². The number of piperazine rings is 1. The number of nitrogens with one attached hydrogen (secondary N) is 2. The van der Waals surface area contributed by atoms with Crippen molar-refractivity contribution in [2.45, 2.75) is 78.6 Å². The average Bonchev–Trinajstić information content (AvgIpc) is 3.49. The van der Waals surface area contributed by atoms with Gasteiger partial charge in [0.15, 0.2) is 5.78 Å². The lowest BCUT2D eigenvalue weighted by molar-refractivity contribution is -0.140. The van der Waals surface area contributed by atoms with Crippen molar-refractivity contribution in [3.63, 3.8) is 0 Å². The molecule has 1 fully saturated rings. The van der Waals surface area contributed by atoms with Crippen LogP contribution < -0.4 is 25.2 Å². The van der Waals surface area contributed by atoms with Gasteiger partial charge in [0, 0.05) is 92.5 Å². The maximum absolute atomic E-state index is 13.4. The number of hydrogen-bond acceptors (Lipinski definition) is 15. The summed E-state index contributed by atoms with van der Waals surface area (Å²) in [5, 5.41) is 25.1. The third-order valence-corrected chi connectivity index (χ3v) is 11.7. The fraction of sp³-hybridized carbons (Fsp3) is 0.388. The monoisotopic (exact) mass is 909 g/mol. The zero-order valence-corrected chi connectivity index (χ0v) is 38.5. The Hall–Kier alpha value is -7.52. The molecule has 0 aliphatic carbocycles. The highest BCUT2D eigenvalue weighted by molar-refractivity contribution is 6.13. The lowest BCUT2D eigenvalue weighted by Crippen LogP contribution is -2.55. The zero-order chi connectivity index (χ0) is 47.9. The van der Waals surface area contributed by atoms with Crippen molar-refractivity contribution < 1.29 is 33.8 Å². The van der Waals surface area contributed by atoms with E-state index in [4.69, 9.17) is 14.5 Å². The highest BCUT2D eigenvalue weighted by Crippen LogP contribution is 2.40. The molecule has 18 heteroatoms. The summed E-state index contributed by atoms with van der Waals surface area (Å²) < 4.78 is 11.7. The summed E-state index contributed by atoms with van der Waals surface area (Å²) in [6.07, 6.45) is 7.28.